The van der Waals surface area contributed by atoms with Crippen LogP contribution in [0.4, 0.5) is 4.39 Å². The van der Waals surface area contributed by atoms with Gasteiger partial charge in [0.1, 0.15) is 11.5 Å². The normalized spacial score (nSPS) is 13.5. The maximum atomic E-state index is 14.6. The van der Waals surface area contributed by atoms with E-state index in [-0.39, 0.29) is 22.6 Å². The Bertz CT molecular complexity index is 1370. The second-order valence-corrected chi connectivity index (χ2v) is 11.1. The van der Waals surface area contributed by atoms with Crippen molar-refractivity contribution >= 4 is 10.8 Å². The Morgan fingerprint density at radius 2 is 1.78 bits per heavy atom. The van der Waals surface area contributed by atoms with Gasteiger partial charge in [0, 0.05) is 22.3 Å². The van der Waals surface area contributed by atoms with Gasteiger partial charge < -0.3 is 14.8 Å². The molecular weight excluding hydrogens is 481 g/mol. The van der Waals surface area contributed by atoms with Gasteiger partial charge in [-0.25, -0.2) is 9.37 Å². The van der Waals surface area contributed by atoms with E-state index in [1.807, 2.05) is 19.1 Å². The molecule has 2 heterocycles. The molecule has 2 atom stereocenters. The minimum Gasteiger partial charge on any atom is -0.414 e. The van der Waals surface area contributed by atoms with Crippen LogP contribution in [0.5, 0.6) is 0 Å². The van der Waals surface area contributed by atoms with Crippen molar-refractivity contribution in [1.82, 2.24) is 25.5 Å². The molecule has 188 valence electrons. The van der Waals surface area contributed by atoms with Crippen LogP contribution in [0.25, 0.3) is 34.3 Å². The zero-order valence-electron chi connectivity index (χ0n) is 20.5. The van der Waals surface area contributed by atoms with E-state index in [4.69, 9.17) is 4.42 Å². The highest BCUT2D eigenvalue weighted by Gasteiger charge is 2.22. The Morgan fingerprint density at radius 1 is 1.08 bits per heavy atom. The van der Waals surface area contributed by atoms with Crippen molar-refractivity contribution in [3.8, 4) is 34.3 Å². The maximum Gasteiger partial charge on any atom is 0.268 e. The number of nitrogens with zero attached hydrogens (tertiary/aromatic N) is 4. The van der Waals surface area contributed by atoms with E-state index in [1.165, 1.54) is 12.3 Å². The predicted molar refractivity (Wildman–Crippen MR) is 136 cm³/mol. The summed E-state index contributed by atoms with van der Waals surface area (Å²) in [5.74, 6) is -0.277. The first-order chi connectivity index (χ1) is 17.1. The predicted octanol–water partition coefficient (Wildman–Crippen LogP) is 4.38. The zero-order valence-corrected chi connectivity index (χ0v) is 21.3. The summed E-state index contributed by atoms with van der Waals surface area (Å²) in [5, 5.41) is 20.8. The molecule has 2 aromatic carbocycles. The number of hydrogen-bond acceptors (Lipinski definition) is 8. The van der Waals surface area contributed by atoms with Crippen LogP contribution in [0.2, 0.25) is 0 Å². The Morgan fingerprint density at radius 3 is 2.44 bits per heavy atom. The number of nitrogens with one attached hydrogen (secondary N) is 1. The molecule has 0 amide bonds. The van der Waals surface area contributed by atoms with E-state index in [0.29, 0.717) is 29.2 Å². The molecule has 0 saturated heterocycles. The Labute approximate surface area is 211 Å². The molecule has 0 aliphatic carbocycles. The van der Waals surface area contributed by atoms with E-state index in [0.717, 1.165) is 11.1 Å². The second-order valence-electron chi connectivity index (χ2n) is 9.20. The Hall–Kier alpha value is -3.34. The molecule has 4 rings (SSSR count). The second kappa shape index (κ2) is 10.7. The lowest BCUT2D eigenvalue weighted by atomic mass is 10.0. The Balaban J connectivity index is 1.54. The SMILES string of the molecule is CNCc1ccc(-c2nnc(-c3cncc(-c4ccc(S(=O)C(C)CC(C)(C)O)cc4)n3)o2)c(F)c1. The molecule has 36 heavy (non-hydrogen) atoms. The molecular formula is C26H28FN5O3S. The van der Waals surface area contributed by atoms with Gasteiger partial charge in [-0.1, -0.05) is 25.1 Å². The van der Waals surface area contributed by atoms with Crippen LogP contribution in [0, 0.1) is 5.82 Å². The highest BCUT2D eigenvalue weighted by molar-refractivity contribution is 7.85. The average molecular weight is 510 g/mol. The molecule has 0 aliphatic heterocycles. The third-order valence-corrected chi connectivity index (χ3v) is 7.09. The van der Waals surface area contributed by atoms with E-state index < -0.39 is 22.2 Å². The minimum atomic E-state index is -1.26. The van der Waals surface area contributed by atoms with Gasteiger partial charge in [0.15, 0.2) is 0 Å². The molecule has 0 saturated carbocycles. The van der Waals surface area contributed by atoms with Crippen LogP contribution in [0.1, 0.15) is 32.8 Å². The summed E-state index contributed by atoms with van der Waals surface area (Å²) in [6.07, 6.45) is 3.52. The first-order valence-electron chi connectivity index (χ1n) is 11.5. The summed E-state index contributed by atoms with van der Waals surface area (Å²) in [4.78, 5) is 9.48. The van der Waals surface area contributed by atoms with Gasteiger partial charge in [0.25, 0.3) is 11.8 Å². The average Bonchev–Trinajstić information content (AvgIpc) is 3.33. The van der Waals surface area contributed by atoms with Gasteiger partial charge in [-0.15, -0.1) is 10.2 Å². The number of hydrogen-bond donors (Lipinski definition) is 2. The lowest BCUT2D eigenvalue weighted by Crippen LogP contribution is -2.27. The summed E-state index contributed by atoms with van der Waals surface area (Å²) in [5.41, 5.74) is 1.81. The fourth-order valence-electron chi connectivity index (χ4n) is 3.86. The van der Waals surface area contributed by atoms with Crippen molar-refractivity contribution in [2.45, 2.75) is 49.5 Å². The van der Waals surface area contributed by atoms with Crippen LogP contribution in [0.15, 0.2) is 64.2 Å². The standard InChI is InChI=1S/C26H28FN5O3S/c1-16(12-26(2,3)33)36(34)19-8-6-18(7-9-19)22-14-29-15-23(30-22)25-32-31-24(35-25)20-10-5-17(13-28-4)11-21(20)27/h5-11,14-16,28,33H,12-13H2,1-4H3. The quantitative estimate of drug-likeness (QED) is 0.342. The van der Waals surface area contributed by atoms with Gasteiger partial charge in [-0.2, -0.15) is 0 Å². The molecule has 0 spiro atoms. The van der Waals surface area contributed by atoms with Crippen molar-refractivity contribution in [3.63, 3.8) is 0 Å². The fraction of sp³-hybridized carbons (Fsp3) is 0.308. The minimum absolute atomic E-state index is 0.0534. The van der Waals surface area contributed by atoms with Crippen LogP contribution >= 0.6 is 0 Å². The van der Waals surface area contributed by atoms with Crippen molar-refractivity contribution < 1.29 is 18.1 Å². The van der Waals surface area contributed by atoms with Crippen molar-refractivity contribution in [3.05, 3.63) is 66.2 Å². The lowest BCUT2D eigenvalue weighted by molar-refractivity contribution is 0.0715. The number of rotatable bonds is 9. The molecule has 0 radical (unpaired) electrons. The first-order valence-corrected chi connectivity index (χ1v) is 12.7. The Kier molecular flexibility index (Phi) is 7.67. The van der Waals surface area contributed by atoms with Crippen molar-refractivity contribution in [2.24, 2.45) is 0 Å². The molecule has 0 fully saturated rings. The van der Waals surface area contributed by atoms with Gasteiger partial charge in [-0.3, -0.25) is 9.19 Å². The van der Waals surface area contributed by atoms with E-state index >= 15 is 0 Å². The molecule has 8 nitrogen and oxygen atoms in total. The molecule has 2 N–H and O–H groups in total. The first kappa shape index (κ1) is 25.7. The highest BCUT2D eigenvalue weighted by atomic mass is 32.2. The summed E-state index contributed by atoms with van der Waals surface area (Å²) in [6, 6.07) is 12.0. The van der Waals surface area contributed by atoms with Crippen molar-refractivity contribution in [2.75, 3.05) is 7.05 Å². The molecule has 0 bridgehead atoms. The van der Waals surface area contributed by atoms with E-state index in [1.54, 1.807) is 51.4 Å². The number of aromatic nitrogens is 4. The van der Waals surface area contributed by atoms with Crippen molar-refractivity contribution in [1.29, 1.82) is 0 Å². The van der Waals surface area contributed by atoms with Gasteiger partial charge in [0.05, 0.1) is 40.1 Å². The lowest BCUT2D eigenvalue weighted by Gasteiger charge is -2.21. The third kappa shape index (κ3) is 6.07. The van der Waals surface area contributed by atoms with Gasteiger partial charge >= 0.3 is 0 Å². The van der Waals surface area contributed by atoms with Gasteiger partial charge in [-0.05, 0) is 57.1 Å². The van der Waals surface area contributed by atoms with E-state index in [2.05, 4.69) is 25.5 Å². The van der Waals surface area contributed by atoms with Gasteiger partial charge in [0.2, 0.25) is 0 Å². The fourth-order valence-corrected chi connectivity index (χ4v) is 5.29. The topological polar surface area (TPSA) is 114 Å². The molecule has 4 aromatic rings. The largest absolute Gasteiger partial charge is 0.414 e. The van der Waals surface area contributed by atoms with Crippen LogP contribution in [-0.4, -0.2) is 47.4 Å². The van der Waals surface area contributed by atoms with E-state index in [9.17, 15) is 13.7 Å². The number of benzene rings is 2. The van der Waals surface area contributed by atoms with Crippen LogP contribution < -0.4 is 5.32 Å². The van der Waals surface area contributed by atoms with Crippen LogP contribution in [-0.2, 0) is 17.3 Å². The number of aliphatic hydroxyl groups is 1. The highest BCUT2D eigenvalue weighted by Crippen LogP contribution is 2.27. The summed E-state index contributed by atoms with van der Waals surface area (Å²) < 4.78 is 33.1. The number of halogens is 1. The third-order valence-electron chi connectivity index (χ3n) is 5.46. The molecule has 10 heteroatoms. The smallest absolute Gasteiger partial charge is 0.268 e. The summed E-state index contributed by atoms with van der Waals surface area (Å²) >= 11 is 0. The summed E-state index contributed by atoms with van der Waals surface area (Å²) in [6.45, 7) is 5.82. The molecule has 2 unspecified atom stereocenters. The zero-order chi connectivity index (χ0) is 25.9. The maximum absolute atomic E-state index is 14.6. The van der Waals surface area contributed by atoms with Crippen LogP contribution in [0.3, 0.4) is 0 Å². The molecule has 2 aromatic heterocycles. The monoisotopic (exact) mass is 509 g/mol. The summed E-state index contributed by atoms with van der Waals surface area (Å²) in [7, 11) is 0.535. The molecule has 0 aliphatic rings.